The van der Waals surface area contributed by atoms with E-state index in [1.54, 1.807) is 33.6 Å². The quantitative estimate of drug-likeness (QED) is 0.232. The molecule has 0 aliphatic carbocycles. The van der Waals surface area contributed by atoms with Gasteiger partial charge in [0.25, 0.3) is 0 Å². The molecule has 8 nitrogen and oxygen atoms in total. The molecule has 0 unspecified atom stereocenters. The molecule has 212 valence electrons. The van der Waals surface area contributed by atoms with Crippen molar-refractivity contribution in [2.45, 2.75) is 25.7 Å². The van der Waals surface area contributed by atoms with Crippen molar-refractivity contribution in [3.8, 4) is 34.1 Å². The minimum atomic E-state index is -1.16. The van der Waals surface area contributed by atoms with Crippen LogP contribution in [0.15, 0.2) is 60.9 Å². The largest absolute Gasteiger partial charge is 0.507 e. The van der Waals surface area contributed by atoms with E-state index in [1.165, 1.54) is 38.5 Å². The summed E-state index contributed by atoms with van der Waals surface area (Å²) < 4.78 is 43.5. The number of phenolic OH excluding ortho intramolecular Hbond substituents is 1. The average molecular weight is 562 g/mol. The van der Waals surface area contributed by atoms with Crippen LogP contribution < -0.4 is 9.47 Å². The number of ether oxygens (including phenoxy) is 2. The summed E-state index contributed by atoms with van der Waals surface area (Å²) in [7, 11) is 4.55. The van der Waals surface area contributed by atoms with Crippen LogP contribution in [-0.2, 0) is 18.9 Å². The molecule has 0 aliphatic rings. The zero-order valence-electron chi connectivity index (χ0n) is 23.2. The van der Waals surface area contributed by atoms with Crippen LogP contribution in [0.3, 0.4) is 0 Å². The van der Waals surface area contributed by atoms with Crippen molar-refractivity contribution < 1.29 is 33.3 Å². The number of methoxy groups -OCH3 is 2. The van der Waals surface area contributed by atoms with Gasteiger partial charge in [-0.15, -0.1) is 0 Å². The van der Waals surface area contributed by atoms with Crippen LogP contribution in [0.1, 0.15) is 35.5 Å². The fourth-order valence-electron chi connectivity index (χ4n) is 5.52. The third-order valence-electron chi connectivity index (χ3n) is 7.17. The van der Waals surface area contributed by atoms with Gasteiger partial charge in [-0.1, -0.05) is 19.9 Å². The molecule has 3 aromatic carbocycles. The van der Waals surface area contributed by atoms with E-state index in [1.807, 2.05) is 27.1 Å². The highest BCUT2D eigenvalue weighted by molar-refractivity contribution is 6.04. The lowest BCUT2D eigenvalue weighted by Crippen LogP contribution is -2.25. The highest BCUT2D eigenvalue weighted by Gasteiger charge is 2.34. The summed E-state index contributed by atoms with van der Waals surface area (Å²) in [6.45, 7) is 4.01. The van der Waals surface area contributed by atoms with Crippen molar-refractivity contribution in [1.29, 1.82) is 0 Å². The van der Waals surface area contributed by atoms with Crippen LogP contribution in [-0.4, -0.2) is 44.7 Å². The molecule has 0 atom stereocenters. The van der Waals surface area contributed by atoms with E-state index in [-0.39, 0.29) is 22.8 Å². The summed E-state index contributed by atoms with van der Waals surface area (Å²) >= 11 is 0. The molecule has 0 fully saturated rings. The molecule has 10 heteroatoms. The molecular weight excluding hydrogens is 532 g/mol. The third kappa shape index (κ3) is 4.86. The first-order valence-corrected chi connectivity index (χ1v) is 12.8. The van der Waals surface area contributed by atoms with E-state index in [0.29, 0.717) is 39.8 Å². The first-order chi connectivity index (χ1) is 19.4. The van der Waals surface area contributed by atoms with Crippen LogP contribution >= 0.6 is 0 Å². The molecule has 0 amide bonds. The molecule has 5 rings (SSSR count). The second-order valence-corrected chi connectivity index (χ2v) is 10.5. The van der Waals surface area contributed by atoms with E-state index in [9.17, 15) is 23.8 Å². The van der Waals surface area contributed by atoms with Gasteiger partial charge < -0.3 is 24.3 Å². The Bertz CT molecular complexity index is 1810. The van der Waals surface area contributed by atoms with Gasteiger partial charge in [-0.05, 0) is 47.9 Å². The molecule has 5 aromatic rings. The normalized spacial score (nSPS) is 11.7. The maximum atomic E-state index is 14.9. The highest BCUT2D eigenvalue weighted by atomic mass is 19.1. The van der Waals surface area contributed by atoms with Crippen molar-refractivity contribution in [3.63, 3.8) is 0 Å². The smallest absolute Gasteiger partial charge is 0.339 e. The highest BCUT2D eigenvalue weighted by Crippen LogP contribution is 2.48. The molecule has 0 bridgehead atoms. The van der Waals surface area contributed by atoms with Gasteiger partial charge >= 0.3 is 5.97 Å². The summed E-state index contributed by atoms with van der Waals surface area (Å²) in [5.74, 6) is -2.57. The SMILES string of the molecule is COc1cc(-n2c(C(C)(C)Cc3cnn(C)c3)c(-c3ccc(C(=O)O)c(OC)c3)c3c(O)cc(F)cc32)ccc1F. The maximum absolute atomic E-state index is 14.9. The number of fused-ring (bicyclic) bond motifs is 1. The Morgan fingerprint density at radius 2 is 1.76 bits per heavy atom. The number of phenols is 1. The molecule has 0 radical (unpaired) electrons. The molecule has 2 N–H and O–H groups in total. The van der Waals surface area contributed by atoms with Gasteiger partial charge in [0, 0.05) is 47.7 Å². The van der Waals surface area contributed by atoms with E-state index in [4.69, 9.17) is 9.47 Å². The van der Waals surface area contributed by atoms with Crippen LogP contribution in [0.5, 0.6) is 17.2 Å². The number of aromatic carboxylic acids is 1. The number of carbonyl (C=O) groups is 1. The maximum Gasteiger partial charge on any atom is 0.339 e. The number of hydrogen-bond donors (Lipinski definition) is 2. The van der Waals surface area contributed by atoms with Gasteiger partial charge in [0.15, 0.2) is 11.6 Å². The molecule has 0 spiro atoms. The second kappa shape index (κ2) is 10.3. The predicted molar refractivity (Wildman–Crippen MR) is 150 cm³/mol. The first kappa shape index (κ1) is 27.7. The van der Waals surface area contributed by atoms with Crippen molar-refractivity contribution in [2.75, 3.05) is 14.2 Å². The summed E-state index contributed by atoms with van der Waals surface area (Å²) in [6, 6.07) is 11.3. The van der Waals surface area contributed by atoms with Crippen LogP contribution in [0.25, 0.3) is 27.7 Å². The van der Waals surface area contributed by atoms with Crippen LogP contribution in [0.2, 0.25) is 0 Å². The van der Waals surface area contributed by atoms with Gasteiger partial charge in [0.1, 0.15) is 22.9 Å². The van der Waals surface area contributed by atoms with Gasteiger partial charge in [-0.2, -0.15) is 5.10 Å². The number of carboxylic acid groups (broad SMARTS) is 1. The van der Waals surface area contributed by atoms with Gasteiger partial charge in [-0.3, -0.25) is 4.68 Å². The number of halogens is 2. The number of aromatic hydroxyl groups is 1. The fourth-order valence-corrected chi connectivity index (χ4v) is 5.52. The van der Waals surface area contributed by atoms with Crippen LogP contribution in [0.4, 0.5) is 8.78 Å². The zero-order valence-corrected chi connectivity index (χ0v) is 23.2. The van der Waals surface area contributed by atoms with Gasteiger partial charge in [0.2, 0.25) is 0 Å². The summed E-state index contributed by atoms with van der Waals surface area (Å²) in [5, 5.41) is 25.5. The lowest BCUT2D eigenvalue weighted by Gasteiger charge is -2.29. The molecule has 2 heterocycles. The Balaban J connectivity index is 1.94. The molecule has 0 aliphatic heterocycles. The average Bonchev–Trinajstić information content (AvgIpc) is 3.49. The number of rotatable bonds is 8. The van der Waals surface area contributed by atoms with Gasteiger partial charge in [0.05, 0.1) is 31.3 Å². The minimum absolute atomic E-state index is 0.00461. The Kier molecular flexibility index (Phi) is 6.94. The number of aryl methyl sites for hydroxylation is 1. The molecule has 2 aromatic heterocycles. The van der Waals surface area contributed by atoms with E-state index in [0.717, 1.165) is 11.6 Å². The number of aromatic nitrogens is 3. The molecule has 41 heavy (non-hydrogen) atoms. The number of benzene rings is 3. The standard InChI is InChI=1S/C31H29F2N3O5/c1-31(2,14-17-15-34-35(3)16-17)29-27(18-6-8-21(30(38)39)25(10-18)40-4)28-23(11-19(32)12-24(28)37)36(29)20-7-9-22(33)26(13-20)41-5/h6-13,15-16,37H,14H2,1-5H3,(H,38,39). The van der Waals surface area contributed by atoms with Crippen molar-refractivity contribution >= 4 is 16.9 Å². The molecule has 0 saturated carbocycles. The number of nitrogens with zero attached hydrogens (tertiary/aromatic N) is 3. The van der Waals surface area contributed by atoms with Crippen LogP contribution in [0, 0.1) is 11.6 Å². The lowest BCUT2D eigenvalue weighted by atomic mass is 9.79. The Hall–Kier alpha value is -4.86. The lowest BCUT2D eigenvalue weighted by molar-refractivity contribution is 0.0693. The number of hydrogen-bond acceptors (Lipinski definition) is 5. The van der Waals surface area contributed by atoms with Crippen molar-refractivity contribution in [1.82, 2.24) is 14.3 Å². The monoisotopic (exact) mass is 561 g/mol. The summed E-state index contributed by atoms with van der Waals surface area (Å²) in [6.07, 6.45) is 4.16. The van der Waals surface area contributed by atoms with Gasteiger partial charge in [-0.25, -0.2) is 13.6 Å². The van der Waals surface area contributed by atoms with Crippen molar-refractivity contribution in [2.24, 2.45) is 7.05 Å². The summed E-state index contributed by atoms with van der Waals surface area (Å²) in [4.78, 5) is 11.8. The fraction of sp³-hybridized carbons (Fsp3) is 0.226. The van der Waals surface area contributed by atoms with E-state index >= 15 is 0 Å². The second-order valence-electron chi connectivity index (χ2n) is 10.5. The first-order valence-electron chi connectivity index (χ1n) is 12.8. The molecular formula is C31H29F2N3O5. The Morgan fingerprint density at radius 1 is 1.02 bits per heavy atom. The number of carboxylic acids is 1. The molecule has 0 saturated heterocycles. The minimum Gasteiger partial charge on any atom is -0.507 e. The Labute approximate surface area is 235 Å². The van der Waals surface area contributed by atoms with Crippen molar-refractivity contribution in [3.05, 3.63) is 89.4 Å². The van der Waals surface area contributed by atoms with E-state index < -0.39 is 23.0 Å². The zero-order chi connectivity index (χ0) is 29.6. The third-order valence-corrected chi connectivity index (χ3v) is 7.17. The Morgan fingerprint density at radius 3 is 2.39 bits per heavy atom. The predicted octanol–water partition coefficient (Wildman–Crippen LogP) is 6.25. The summed E-state index contributed by atoms with van der Waals surface area (Å²) in [5.41, 5.74) is 2.78. The topological polar surface area (TPSA) is 98.7 Å². The van der Waals surface area contributed by atoms with E-state index in [2.05, 4.69) is 5.10 Å².